The highest BCUT2D eigenvalue weighted by molar-refractivity contribution is 9.10. The predicted octanol–water partition coefficient (Wildman–Crippen LogP) is 1.99. The molecule has 2 N–H and O–H groups in total. The summed E-state index contributed by atoms with van der Waals surface area (Å²) >= 11 is 3.21. The van der Waals surface area contributed by atoms with Gasteiger partial charge in [-0.3, -0.25) is 4.79 Å². The fourth-order valence-corrected chi connectivity index (χ4v) is 2.01. The summed E-state index contributed by atoms with van der Waals surface area (Å²) in [6.07, 6.45) is 5.45. The monoisotopic (exact) mass is 256 g/mol. The summed E-state index contributed by atoms with van der Waals surface area (Å²) in [7, 11) is 0. The minimum absolute atomic E-state index is 0.0138. The number of aromatic nitrogens is 1. The minimum atomic E-state index is 0.0138. The zero-order valence-corrected chi connectivity index (χ0v) is 9.46. The molecule has 14 heavy (non-hydrogen) atoms. The SMILES string of the molecule is Nc1cc(Br)c(=O)n(CCC2CC2)c1. The van der Waals surface area contributed by atoms with Crippen LogP contribution in [0.15, 0.2) is 21.5 Å². The molecular weight excluding hydrogens is 244 g/mol. The molecule has 1 aromatic heterocycles. The lowest BCUT2D eigenvalue weighted by Crippen LogP contribution is -2.21. The second-order valence-corrected chi connectivity index (χ2v) is 4.71. The van der Waals surface area contributed by atoms with E-state index in [1.165, 1.54) is 12.8 Å². The van der Waals surface area contributed by atoms with Crippen LogP contribution in [0, 0.1) is 5.92 Å². The Balaban J connectivity index is 2.17. The maximum atomic E-state index is 11.6. The van der Waals surface area contributed by atoms with E-state index in [1.54, 1.807) is 16.8 Å². The standard InChI is InChI=1S/C10H13BrN2O/c11-9-5-8(12)6-13(10(9)14)4-3-7-1-2-7/h5-7H,1-4,12H2. The van der Waals surface area contributed by atoms with Gasteiger partial charge in [0.25, 0.3) is 5.56 Å². The van der Waals surface area contributed by atoms with Crippen LogP contribution in [0.4, 0.5) is 5.69 Å². The summed E-state index contributed by atoms with van der Waals surface area (Å²) in [4.78, 5) is 11.6. The number of aryl methyl sites for hydroxylation is 1. The number of anilines is 1. The molecule has 1 saturated carbocycles. The van der Waals surface area contributed by atoms with Crippen molar-refractivity contribution in [2.75, 3.05) is 5.73 Å². The average Bonchev–Trinajstić information content (AvgIpc) is 2.92. The highest BCUT2D eigenvalue weighted by Crippen LogP contribution is 2.32. The maximum Gasteiger partial charge on any atom is 0.264 e. The third-order valence-corrected chi connectivity index (χ3v) is 3.11. The molecule has 1 aromatic rings. The third-order valence-electron chi connectivity index (χ3n) is 2.54. The van der Waals surface area contributed by atoms with Gasteiger partial charge in [0.1, 0.15) is 0 Å². The lowest BCUT2D eigenvalue weighted by atomic mass is 10.3. The Morgan fingerprint density at radius 2 is 2.29 bits per heavy atom. The molecule has 0 aromatic carbocycles. The first-order chi connectivity index (χ1) is 6.66. The quantitative estimate of drug-likeness (QED) is 0.900. The van der Waals surface area contributed by atoms with Crippen LogP contribution in [-0.2, 0) is 6.54 Å². The van der Waals surface area contributed by atoms with Crippen molar-refractivity contribution < 1.29 is 0 Å². The van der Waals surface area contributed by atoms with Gasteiger partial charge in [-0.2, -0.15) is 0 Å². The Morgan fingerprint density at radius 3 is 2.93 bits per heavy atom. The van der Waals surface area contributed by atoms with Gasteiger partial charge in [0.05, 0.1) is 4.47 Å². The lowest BCUT2D eigenvalue weighted by Gasteiger charge is -2.06. The van der Waals surface area contributed by atoms with Gasteiger partial charge in [0.2, 0.25) is 0 Å². The number of nitrogens with two attached hydrogens (primary N) is 1. The van der Waals surface area contributed by atoms with Crippen LogP contribution in [0.5, 0.6) is 0 Å². The molecule has 1 heterocycles. The smallest absolute Gasteiger partial charge is 0.264 e. The number of rotatable bonds is 3. The van der Waals surface area contributed by atoms with E-state index < -0.39 is 0 Å². The molecule has 0 spiro atoms. The minimum Gasteiger partial charge on any atom is -0.398 e. The van der Waals surface area contributed by atoms with Crippen LogP contribution in [0.2, 0.25) is 0 Å². The van der Waals surface area contributed by atoms with Crippen molar-refractivity contribution in [2.24, 2.45) is 5.92 Å². The lowest BCUT2D eigenvalue weighted by molar-refractivity contribution is 0.581. The van der Waals surface area contributed by atoms with E-state index in [-0.39, 0.29) is 5.56 Å². The van der Waals surface area contributed by atoms with E-state index in [0.717, 1.165) is 18.9 Å². The van der Waals surface area contributed by atoms with Gasteiger partial charge in [-0.25, -0.2) is 0 Å². The highest BCUT2D eigenvalue weighted by Gasteiger charge is 2.20. The Hall–Kier alpha value is -0.770. The molecule has 0 radical (unpaired) electrons. The van der Waals surface area contributed by atoms with Gasteiger partial charge in [0, 0.05) is 18.4 Å². The topological polar surface area (TPSA) is 48.0 Å². The van der Waals surface area contributed by atoms with Crippen molar-refractivity contribution in [1.82, 2.24) is 4.57 Å². The first-order valence-corrected chi connectivity index (χ1v) is 5.61. The number of nitrogens with zero attached hydrogens (tertiary/aromatic N) is 1. The van der Waals surface area contributed by atoms with E-state index in [0.29, 0.717) is 10.2 Å². The van der Waals surface area contributed by atoms with Gasteiger partial charge in [-0.1, -0.05) is 12.8 Å². The summed E-state index contributed by atoms with van der Waals surface area (Å²) in [5.74, 6) is 0.835. The normalized spacial score (nSPS) is 15.8. The fraction of sp³-hybridized carbons (Fsp3) is 0.500. The Labute approximate surface area is 91.0 Å². The number of halogens is 1. The molecule has 76 valence electrons. The molecule has 0 atom stereocenters. The molecule has 0 saturated heterocycles. The van der Waals surface area contributed by atoms with Crippen molar-refractivity contribution in [3.05, 3.63) is 27.1 Å². The molecule has 1 aliphatic carbocycles. The Morgan fingerprint density at radius 1 is 1.57 bits per heavy atom. The molecular formula is C10H13BrN2O. The summed E-state index contributed by atoms with van der Waals surface area (Å²) < 4.78 is 2.24. The van der Waals surface area contributed by atoms with Crippen molar-refractivity contribution in [3.8, 4) is 0 Å². The van der Waals surface area contributed by atoms with Crippen molar-refractivity contribution >= 4 is 21.6 Å². The van der Waals surface area contributed by atoms with Crippen LogP contribution in [0.1, 0.15) is 19.3 Å². The van der Waals surface area contributed by atoms with Crippen LogP contribution in [-0.4, -0.2) is 4.57 Å². The van der Waals surface area contributed by atoms with Gasteiger partial charge in [-0.05, 0) is 34.3 Å². The second-order valence-electron chi connectivity index (χ2n) is 3.85. The van der Waals surface area contributed by atoms with Crippen LogP contribution >= 0.6 is 15.9 Å². The highest BCUT2D eigenvalue weighted by atomic mass is 79.9. The molecule has 3 nitrogen and oxygen atoms in total. The summed E-state index contributed by atoms with van der Waals surface area (Å²) in [6.45, 7) is 0.785. The van der Waals surface area contributed by atoms with Gasteiger partial charge >= 0.3 is 0 Å². The molecule has 0 aliphatic heterocycles. The number of hydrogen-bond acceptors (Lipinski definition) is 2. The van der Waals surface area contributed by atoms with E-state index >= 15 is 0 Å². The predicted molar refractivity (Wildman–Crippen MR) is 60.2 cm³/mol. The van der Waals surface area contributed by atoms with Crippen molar-refractivity contribution in [3.63, 3.8) is 0 Å². The summed E-state index contributed by atoms with van der Waals surface area (Å²) in [5, 5.41) is 0. The summed E-state index contributed by atoms with van der Waals surface area (Å²) in [5.41, 5.74) is 6.31. The molecule has 4 heteroatoms. The zero-order chi connectivity index (χ0) is 10.1. The number of hydrogen-bond donors (Lipinski definition) is 1. The Kier molecular flexibility index (Phi) is 2.63. The number of pyridine rings is 1. The number of nitrogen functional groups attached to an aromatic ring is 1. The molecule has 0 amide bonds. The van der Waals surface area contributed by atoms with Crippen molar-refractivity contribution in [2.45, 2.75) is 25.8 Å². The molecule has 0 bridgehead atoms. The molecule has 2 rings (SSSR count). The second kappa shape index (κ2) is 3.77. The van der Waals surface area contributed by atoms with Gasteiger partial charge < -0.3 is 10.3 Å². The average molecular weight is 257 g/mol. The summed E-state index contributed by atoms with van der Waals surface area (Å²) in [6, 6.07) is 1.65. The van der Waals surface area contributed by atoms with E-state index in [2.05, 4.69) is 15.9 Å². The zero-order valence-electron chi connectivity index (χ0n) is 7.87. The van der Waals surface area contributed by atoms with Crippen LogP contribution < -0.4 is 11.3 Å². The third kappa shape index (κ3) is 2.18. The van der Waals surface area contributed by atoms with E-state index in [4.69, 9.17) is 5.73 Å². The Bertz CT molecular complexity index is 396. The maximum absolute atomic E-state index is 11.6. The largest absolute Gasteiger partial charge is 0.398 e. The first-order valence-electron chi connectivity index (χ1n) is 4.82. The van der Waals surface area contributed by atoms with E-state index in [1.807, 2.05) is 0 Å². The molecule has 1 fully saturated rings. The van der Waals surface area contributed by atoms with Crippen LogP contribution in [0.25, 0.3) is 0 Å². The van der Waals surface area contributed by atoms with Gasteiger partial charge in [-0.15, -0.1) is 0 Å². The first kappa shape index (κ1) is 9.77. The van der Waals surface area contributed by atoms with Crippen LogP contribution in [0.3, 0.4) is 0 Å². The molecule has 0 unspecified atom stereocenters. The fourth-order valence-electron chi connectivity index (χ4n) is 1.52. The van der Waals surface area contributed by atoms with Crippen molar-refractivity contribution in [1.29, 1.82) is 0 Å². The molecule has 1 aliphatic rings. The van der Waals surface area contributed by atoms with Gasteiger partial charge in [0.15, 0.2) is 0 Å². The van der Waals surface area contributed by atoms with E-state index in [9.17, 15) is 4.79 Å².